The van der Waals surface area contributed by atoms with Gasteiger partial charge in [-0.3, -0.25) is 0 Å². The minimum absolute atomic E-state index is 0. The molecule has 0 radical (unpaired) electrons. The average molecular weight is 275 g/mol. The number of para-hydroxylation sites is 2. The van der Waals surface area contributed by atoms with Crippen LogP contribution in [0.3, 0.4) is 0 Å². The maximum Gasteiger partial charge on any atom is 1.00 e. The maximum atomic E-state index is 3.38. The van der Waals surface area contributed by atoms with Gasteiger partial charge in [0.2, 0.25) is 0 Å². The van der Waals surface area contributed by atoms with Crippen molar-refractivity contribution in [2.75, 3.05) is 0 Å². The zero-order valence-corrected chi connectivity index (χ0v) is 8.90. The van der Waals surface area contributed by atoms with Crippen LogP contribution in [0, 0.1) is 0 Å². The zero-order valence-electron chi connectivity index (χ0n) is 7.42. The number of hydrogen-bond acceptors (Lipinski definition) is 0. The minimum Gasteiger partial charge on any atom is -0.355 e. The first-order chi connectivity index (χ1) is 6.45. The van der Waals surface area contributed by atoms with Crippen LogP contribution >= 0.6 is 0 Å². The molecule has 0 amide bonds. The number of hydrogen-bond donors (Lipinski definition) is 1. The van der Waals surface area contributed by atoms with Crippen LogP contribution in [-0.4, -0.2) is 4.98 Å². The molecule has 0 saturated heterocycles. The van der Waals surface area contributed by atoms with E-state index in [-0.39, 0.29) is 22.4 Å². The molecule has 2 aromatic carbocycles. The second-order valence-corrected chi connectivity index (χ2v) is 3.22. The van der Waals surface area contributed by atoms with Gasteiger partial charge in [0, 0.05) is 21.8 Å². The molecule has 0 aliphatic rings. The summed E-state index contributed by atoms with van der Waals surface area (Å²) >= 11 is 0. The van der Waals surface area contributed by atoms with Gasteiger partial charge in [-0.1, -0.05) is 36.4 Å². The number of benzene rings is 2. The Hall–Kier alpha value is -1.02. The van der Waals surface area contributed by atoms with Crippen LogP contribution in [0.25, 0.3) is 21.8 Å². The SMILES string of the molecule is [Ag+].c1ccc2c(c1)[nH]c1ccccc12. The van der Waals surface area contributed by atoms with Gasteiger partial charge in [0.15, 0.2) is 0 Å². The van der Waals surface area contributed by atoms with Crippen LogP contribution in [0.4, 0.5) is 0 Å². The normalized spacial score (nSPS) is 10.3. The first-order valence-corrected chi connectivity index (χ1v) is 4.40. The van der Waals surface area contributed by atoms with Gasteiger partial charge in [0.1, 0.15) is 0 Å². The van der Waals surface area contributed by atoms with Gasteiger partial charge < -0.3 is 4.98 Å². The summed E-state index contributed by atoms with van der Waals surface area (Å²) in [4.78, 5) is 3.38. The van der Waals surface area contributed by atoms with E-state index in [0.717, 1.165) is 0 Å². The summed E-state index contributed by atoms with van der Waals surface area (Å²) in [6, 6.07) is 16.8. The Kier molecular flexibility index (Phi) is 2.46. The molecule has 72 valence electrons. The van der Waals surface area contributed by atoms with Crippen molar-refractivity contribution >= 4 is 21.8 Å². The molecular weight excluding hydrogens is 266 g/mol. The molecule has 1 N–H and O–H groups in total. The monoisotopic (exact) mass is 274 g/mol. The van der Waals surface area contributed by atoms with Gasteiger partial charge in [0.25, 0.3) is 0 Å². The Labute approximate surface area is 97.6 Å². The fraction of sp³-hybridized carbons (Fsp3) is 0. The summed E-state index contributed by atoms with van der Waals surface area (Å²) < 4.78 is 0. The van der Waals surface area contributed by atoms with Crippen LogP contribution in [0.2, 0.25) is 0 Å². The number of rotatable bonds is 0. The second-order valence-electron chi connectivity index (χ2n) is 3.22. The number of fused-ring (bicyclic) bond motifs is 3. The van der Waals surface area contributed by atoms with E-state index in [2.05, 4.69) is 53.5 Å². The van der Waals surface area contributed by atoms with E-state index in [4.69, 9.17) is 0 Å². The average Bonchev–Trinajstić information content (AvgIpc) is 2.56. The molecule has 0 spiro atoms. The molecule has 1 heterocycles. The molecule has 0 saturated carbocycles. The Balaban J connectivity index is 0.000000750. The topological polar surface area (TPSA) is 15.8 Å². The van der Waals surface area contributed by atoms with Crippen molar-refractivity contribution in [3.63, 3.8) is 0 Å². The third kappa shape index (κ3) is 1.30. The first-order valence-electron chi connectivity index (χ1n) is 4.40. The number of nitrogens with one attached hydrogen (secondary N) is 1. The molecule has 0 atom stereocenters. The van der Waals surface area contributed by atoms with Gasteiger partial charge in [0.05, 0.1) is 0 Å². The summed E-state index contributed by atoms with van der Waals surface area (Å²) in [5.74, 6) is 0. The molecule has 0 unspecified atom stereocenters. The molecule has 1 aromatic heterocycles. The van der Waals surface area contributed by atoms with E-state index in [1.165, 1.54) is 21.8 Å². The Morgan fingerprint density at radius 1 is 0.643 bits per heavy atom. The van der Waals surface area contributed by atoms with Crippen LogP contribution in [0.15, 0.2) is 48.5 Å². The quantitative estimate of drug-likeness (QED) is 0.606. The third-order valence-electron chi connectivity index (χ3n) is 2.41. The molecule has 0 fully saturated rings. The van der Waals surface area contributed by atoms with Crippen LogP contribution in [-0.2, 0) is 22.4 Å². The van der Waals surface area contributed by atoms with Crippen molar-refractivity contribution in [3.8, 4) is 0 Å². The van der Waals surface area contributed by atoms with Crippen molar-refractivity contribution in [1.82, 2.24) is 4.98 Å². The molecule has 0 aliphatic carbocycles. The zero-order chi connectivity index (χ0) is 8.67. The van der Waals surface area contributed by atoms with Crippen molar-refractivity contribution in [2.45, 2.75) is 0 Å². The van der Waals surface area contributed by atoms with Gasteiger partial charge in [-0.15, -0.1) is 0 Å². The van der Waals surface area contributed by atoms with E-state index in [1.807, 2.05) is 0 Å². The van der Waals surface area contributed by atoms with Crippen LogP contribution in [0.1, 0.15) is 0 Å². The predicted molar refractivity (Wildman–Crippen MR) is 55.8 cm³/mol. The van der Waals surface area contributed by atoms with E-state index in [1.54, 1.807) is 0 Å². The van der Waals surface area contributed by atoms with Gasteiger partial charge >= 0.3 is 22.4 Å². The minimum atomic E-state index is 0. The van der Waals surface area contributed by atoms with Crippen molar-refractivity contribution in [2.24, 2.45) is 0 Å². The van der Waals surface area contributed by atoms with Crippen molar-refractivity contribution in [3.05, 3.63) is 48.5 Å². The maximum absolute atomic E-state index is 3.38. The van der Waals surface area contributed by atoms with Crippen LogP contribution < -0.4 is 0 Å². The fourth-order valence-corrected chi connectivity index (χ4v) is 1.80. The summed E-state index contributed by atoms with van der Waals surface area (Å²) in [5.41, 5.74) is 2.42. The molecule has 1 nitrogen and oxygen atoms in total. The van der Waals surface area contributed by atoms with Crippen molar-refractivity contribution in [1.29, 1.82) is 0 Å². The summed E-state index contributed by atoms with van der Waals surface area (Å²) in [6.07, 6.45) is 0. The molecular formula is C12H9AgN+. The predicted octanol–water partition coefficient (Wildman–Crippen LogP) is 3.32. The fourth-order valence-electron chi connectivity index (χ4n) is 1.80. The van der Waals surface area contributed by atoms with E-state index >= 15 is 0 Å². The Morgan fingerprint density at radius 2 is 1.07 bits per heavy atom. The second kappa shape index (κ2) is 3.62. The molecule has 0 bridgehead atoms. The molecule has 0 aliphatic heterocycles. The summed E-state index contributed by atoms with van der Waals surface area (Å²) in [7, 11) is 0. The number of H-pyrrole nitrogens is 1. The van der Waals surface area contributed by atoms with Gasteiger partial charge in [-0.2, -0.15) is 0 Å². The first kappa shape index (κ1) is 9.53. The third-order valence-corrected chi connectivity index (χ3v) is 2.41. The molecule has 2 heteroatoms. The smallest absolute Gasteiger partial charge is 0.355 e. The summed E-state index contributed by atoms with van der Waals surface area (Å²) in [6.45, 7) is 0. The van der Waals surface area contributed by atoms with E-state index in [9.17, 15) is 0 Å². The Bertz CT molecular complexity index is 518. The van der Waals surface area contributed by atoms with E-state index < -0.39 is 0 Å². The largest absolute Gasteiger partial charge is 1.00 e. The Morgan fingerprint density at radius 3 is 1.57 bits per heavy atom. The van der Waals surface area contributed by atoms with Gasteiger partial charge in [-0.25, -0.2) is 0 Å². The van der Waals surface area contributed by atoms with Crippen molar-refractivity contribution < 1.29 is 22.4 Å². The van der Waals surface area contributed by atoms with E-state index in [0.29, 0.717) is 0 Å². The molecule has 3 rings (SSSR count). The molecule has 3 aromatic rings. The summed E-state index contributed by atoms with van der Waals surface area (Å²) in [5, 5.41) is 2.61. The standard InChI is InChI=1S/C12H9N.Ag/c1-3-7-11-9(5-1)10-6-2-4-8-12(10)13-11;/h1-8,13H;/q;+1. The van der Waals surface area contributed by atoms with Gasteiger partial charge in [-0.05, 0) is 12.1 Å². The number of aromatic amines is 1. The number of aromatic nitrogens is 1. The molecule has 14 heavy (non-hydrogen) atoms. The van der Waals surface area contributed by atoms with Crippen LogP contribution in [0.5, 0.6) is 0 Å².